The lowest BCUT2D eigenvalue weighted by molar-refractivity contribution is 0.0316. The highest BCUT2D eigenvalue weighted by Crippen LogP contribution is 2.25. The molecule has 2 fully saturated rings. The van der Waals surface area contributed by atoms with E-state index in [1.54, 1.807) is 0 Å². The minimum atomic E-state index is -0.255. The highest BCUT2D eigenvalue weighted by Gasteiger charge is 2.33. The van der Waals surface area contributed by atoms with Gasteiger partial charge in [-0.05, 0) is 25.3 Å². The standard InChI is InChI=1S/C19H23N3O3/c23-17-7-3-6-16(17)21-8-10-22(11-9-21)19(25)14-12-18(24)20-15-5-2-1-4-13(14)15/h1-2,4-5,12,16-17,23H,3,6-11H2,(H,20,24)/t16-,17-/m0/s1. The van der Waals surface area contributed by atoms with E-state index in [1.165, 1.54) is 6.07 Å². The Labute approximate surface area is 146 Å². The van der Waals surface area contributed by atoms with Crippen LogP contribution in [0.1, 0.15) is 29.6 Å². The van der Waals surface area contributed by atoms with Crippen molar-refractivity contribution in [2.75, 3.05) is 26.2 Å². The average molecular weight is 341 g/mol. The van der Waals surface area contributed by atoms with Crippen LogP contribution in [0.15, 0.2) is 35.1 Å². The number of fused-ring (bicyclic) bond motifs is 1. The number of carbonyl (C=O) groups is 1. The first-order valence-corrected chi connectivity index (χ1v) is 8.97. The summed E-state index contributed by atoms with van der Waals surface area (Å²) in [6.07, 6.45) is 2.75. The van der Waals surface area contributed by atoms with Crippen LogP contribution in [0.4, 0.5) is 0 Å². The number of hydrogen-bond acceptors (Lipinski definition) is 4. The topological polar surface area (TPSA) is 76.6 Å². The first kappa shape index (κ1) is 16.3. The van der Waals surface area contributed by atoms with Crippen LogP contribution in [-0.2, 0) is 0 Å². The van der Waals surface area contributed by atoms with Gasteiger partial charge in [0.1, 0.15) is 0 Å². The molecule has 1 saturated carbocycles. The summed E-state index contributed by atoms with van der Waals surface area (Å²) in [5, 5.41) is 10.9. The molecule has 2 aliphatic rings. The molecule has 6 heteroatoms. The molecule has 4 rings (SSSR count). The molecule has 6 nitrogen and oxygen atoms in total. The van der Waals surface area contributed by atoms with Crippen molar-refractivity contribution in [2.24, 2.45) is 0 Å². The van der Waals surface area contributed by atoms with Crippen molar-refractivity contribution in [3.05, 3.63) is 46.2 Å². The zero-order chi connectivity index (χ0) is 17.4. The van der Waals surface area contributed by atoms with Gasteiger partial charge in [-0.15, -0.1) is 0 Å². The molecule has 0 radical (unpaired) electrons. The molecule has 1 aromatic heterocycles. The van der Waals surface area contributed by atoms with E-state index in [-0.39, 0.29) is 23.6 Å². The number of nitrogens with one attached hydrogen (secondary N) is 1. The summed E-state index contributed by atoms with van der Waals surface area (Å²) in [6.45, 7) is 2.80. The van der Waals surface area contributed by atoms with Crippen molar-refractivity contribution < 1.29 is 9.90 Å². The Morgan fingerprint density at radius 3 is 2.60 bits per heavy atom. The Morgan fingerprint density at radius 1 is 1.12 bits per heavy atom. The number of amides is 1. The fraction of sp³-hybridized carbons (Fsp3) is 0.474. The molecule has 2 N–H and O–H groups in total. The monoisotopic (exact) mass is 341 g/mol. The Morgan fingerprint density at radius 2 is 1.88 bits per heavy atom. The van der Waals surface area contributed by atoms with Crippen LogP contribution >= 0.6 is 0 Å². The van der Waals surface area contributed by atoms with Gasteiger partial charge >= 0.3 is 0 Å². The molecule has 1 aliphatic heterocycles. The lowest BCUT2D eigenvalue weighted by Crippen LogP contribution is -2.53. The van der Waals surface area contributed by atoms with E-state index < -0.39 is 0 Å². The lowest BCUT2D eigenvalue weighted by atomic mass is 10.1. The maximum Gasteiger partial charge on any atom is 0.254 e. The predicted molar refractivity (Wildman–Crippen MR) is 95.7 cm³/mol. The third-order valence-corrected chi connectivity index (χ3v) is 5.50. The molecule has 1 amide bonds. The number of aliphatic hydroxyl groups excluding tert-OH is 1. The van der Waals surface area contributed by atoms with Gasteiger partial charge in [-0.2, -0.15) is 0 Å². The molecule has 1 aliphatic carbocycles. The van der Waals surface area contributed by atoms with Crippen LogP contribution in [0.25, 0.3) is 10.9 Å². The van der Waals surface area contributed by atoms with Crippen molar-refractivity contribution in [2.45, 2.75) is 31.4 Å². The van der Waals surface area contributed by atoms with Crippen molar-refractivity contribution in [1.82, 2.24) is 14.8 Å². The minimum absolute atomic E-state index is 0.0890. The Kier molecular flexibility index (Phi) is 4.31. The van der Waals surface area contributed by atoms with Crippen LogP contribution in [0.5, 0.6) is 0 Å². The number of nitrogens with zero attached hydrogens (tertiary/aromatic N) is 2. The number of rotatable bonds is 2. The lowest BCUT2D eigenvalue weighted by Gasteiger charge is -2.39. The van der Waals surface area contributed by atoms with E-state index in [0.29, 0.717) is 24.2 Å². The summed E-state index contributed by atoms with van der Waals surface area (Å²) < 4.78 is 0. The zero-order valence-electron chi connectivity index (χ0n) is 14.1. The van der Waals surface area contributed by atoms with Gasteiger partial charge in [0.2, 0.25) is 5.56 Å². The van der Waals surface area contributed by atoms with Crippen LogP contribution < -0.4 is 5.56 Å². The molecular formula is C19H23N3O3. The molecule has 1 aromatic carbocycles. The number of benzene rings is 1. The van der Waals surface area contributed by atoms with Gasteiger partial charge in [0.25, 0.3) is 5.91 Å². The summed E-state index contributed by atoms with van der Waals surface area (Å²) in [4.78, 5) is 31.8. The molecule has 2 heterocycles. The quantitative estimate of drug-likeness (QED) is 0.861. The normalized spacial score (nSPS) is 24.8. The molecule has 2 atom stereocenters. The van der Waals surface area contributed by atoms with Gasteiger partial charge in [-0.1, -0.05) is 18.2 Å². The average Bonchev–Trinajstić information content (AvgIpc) is 3.06. The fourth-order valence-electron chi connectivity index (χ4n) is 4.16. The Hall–Kier alpha value is -2.18. The number of aliphatic hydroxyl groups is 1. The van der Waals surface area contributed by atoms with E-state index in [1.807, 2.05) is 29.2 Å². The number of aromatic nitrogens is 1. The fourth-order valence-corrected chi connectivity index (χ4v) is 4.16. The second-order valence-corrected chi connectivity index (χ2v) is 6.99. The number of hydrogen-bond donors (Lipinski definition) is 2. The zero-order valence-corrected chi connectivity index (χ0v) is 14.1. The Bertz CT molecular complexity index is 839. The maximum atomic E-state index is 13.0. The van der Waals surface area contributed by atoms with Crippen LogP contribution in [0, 0.1) is 0 Å². The minimum Gasteiger partial charge on any atom is -0.391 e. The van der Waals surface area contributed by atoms with Crippen LogP contribution in [0.3, 0.4) is 0 Å². The molecule has 25 heavy (non-hydrogen) atoms. The first-order valence-electron chi connectivity index (χ1n) is 8.97. The SMILES string of the molecule is O=C(c1cc(=O)[nH]c2ccccc12)N1CCN([C@H]2CCC[C@@H]2O)CC1. The van der Waals surface area contributed by atoms with Gasteiger partial charge in [-0.25, -0.2) is 0 Å². The maximum absolute atomic E-state index is 13.0. The number of pyridine rings is 1. The number of aromatic amines is 1. The van der Waals surface area contributed by atoms with Crippen LogP contribution in [-0.4, -0.2) is 64.1 Å². The number of H-pyrrole nitrogens is 1. The molecule has 1 saturated heterocycles. The molecule has 132 valence electrons. The van der Waals surface area contributed by atoms with E-state index in [0.717, 1.165) is 37.7 Å². The number of carbonyl (C=O) groups excluding carboxylic acids is 1. The van der Waals surface area contributed by atoms with Gasteiger partial charge < -0.3 is 15.0 Å². The largest absolute Gasteiger partial charge is 0.391 e. The first-order chi connectivity index (χ1) is 12.1. The summed E-state index contributed by atoms with van der Waals surface area (Å²) >= 11 is 0. The van der Waals surface area contributed by atoms with Gasteiger partial charge in [0.05, 0.1) is 11.7 Å². The molecule has 2 aromatic rings. The summed E-state index contributed by atoms with van der Waals surface area (Å²) in [6, 6.07) is 9.03. The van der Waals surface area contributed by atoms with Gasteiger partial charge in [0, 0.05) is 49.2 Å². The second kappa shape index (κ2) is 6.61. The number of piperazine rings is 1. The van der Waals surface area contributed by atoms with Crippen molar-refractivity contribution in [3.8, 4) is 0 Å². The summed E-state index contributed by atoms with van der Waals surface area (Å²) in [5.41, 5.74) is 0.898. The smallest absolute Gasteiger partial charge is 0.254 e. The number of para-hydroxylation sites is 1. The van der Waals surface area contributed by atoms with Crippen molar-refractivity contribution in [1.29, 1.82) is 0 Å². The second-order valence-electron chi connectivity index (χ2n) is 6.99. The molecule has 0 spiro atoms. The third-order valence-electron chi connectivity index (χ3n) is 5.50. The molecule has 0 bridgehead atoms. The van der Waals surface area contributed by atoms with E-state index in [9.17, 15) is 14.7 Å². The summed E-state index contributed by atoms with van der Waals surface area (Å²) in [7, 11) is 0. The van der Waals surface area contributed by atoms with Crippen molar-refractivity contribution >= 4 is 16.8 Å². The van der Waals surface area contributed by atoms with Crippen LogP contribution in [0.2, 0.25) is 0 Å². The van der Waals surface area contributed by atoms with E-state index in [2.05, 4.69) is 9.88 Å². The highest BCUT2D eigenvalue weighted by atomic mass is 16.3. The van der Waals surface area contributed by atoms with Gasteiger partial charge in [0.15, 0.2) is 0 Å². The molecule has 0 unspecified atom stereocenters. The predicted octanol–water partition coefficient (Wildman–Crippen LogP) is 1.20. The van der Waals surface area contributed by atoms with E-state index in [4.69, 9.17) is 0 Å². The third kappa shape index (κ3) is 3.07. The summed E-state index contributed by atoms with van der Waals surface area (Å²) in [5.74, 6) is -0.0890. The van der Waals surface area contributed by atoms with Crippen molar-refractivity contribution in [3.63, 3.8) is 0 Å². The van der Waals surface area contributed by atoms with E-state index >= 15 is 0 Å². The van der Waals surface area contributed by atoms with Gasteiger partial charge in [-0.3, -0.25) is 14.5 Å². The Balaban J connectivity index is 1.52. The molecular weight excluding hydrogens is 318 g/mol. The highest BCUT2D eigenvalue weighted by molar-refractivity contribution is 6.05.